The van der Waals surface area contributed by atoms with Crippen LogP contribution in [0, 0.1) is 11.2 Å². The Kier molecular flexibility index (Phi) is 4.14. The number of carboxylic acid groups (broad SMARTS) is 2. The molecule has 0 saturated heterocycles. The number of carbonyl (C=O) groups is 2. The molecule has 0 amide bonds. The van der Waals surface area contributed by atoms with E-state index >= 15 is 0 Å². The van der Waals surface area contributed by atoms with Crippen molar-refractivity contribution in [3.8, 4) is 5.75 Å². The molecule has 19 heavy (non-hydrogen) atoms. The summed E-state index contributed by atoms with van der Waals surface area (Å²) in [6.07, 6.45) is 0.0174. The maximum Gasteiger partial charge on any atom is 0.339 e. The first-order valence-corrected chi connectivity index (χ1v) is 5.52. The van der Waals surface area contributed by atoms with E-state index in [2.05, 4.69) is 0 Å². The molecule has 0 aliphatic rings. The zero-order valence-corrected chi connectivity index (χ0v) is 10.9. The quantitative estimate of drug-likeness (QED) is 0.856. The summed E-state index contributed by atoms with van der Waals surface area (Å²) in [6.45, 7) is 2.97. The van der Waals surface area contributed by atoms with Gasteiger partial charge in [-0.2, -0.15) is 0 Å². The minimum absolute atomic E-state index is 0.0174. The van der Waals surface area contributed by atoms with E-state index in [0.29, 0.717) is 5.56 Å². The fraction of sp³-hybridized carbons (Fsp3) is 0.385. The van der Waals surface area contributed by atoms with Crippen molar-refractivity contribution in [2.24, 2.45) is 5.41 Å². The van der Waals surface area contributed by atoms with Crippen LogP contribution in [0.4, 0.5) is 4.39 Å². The van der Waals surface area contributed by atoms with Gasteiger partial charge in [0, 0.05) is 0 Å². The number of hydrogen-bond donors (Lipinski definition) is 2. The van der Waals surface area contributed by atoms with E-state index in [1.807, 2.05) is 0 Å². The van der Waals surface area contributed by atoms with Crippen molar-refractivity contribution in [3.05, 3.63) is 29.1 Å². The van der Waals surface area contributed by atoms with Crippen molar-refractivity contribution in [3.63, 3.8) is 0 Å². The largest absolute Gasteiger partial charge is 0.493 e. The average Bonchev–Trinajstić information content (AvgIpc) is 2.27. The zero-order chi connectivity index (χ0) is 14.8. The Morgan fingerprint density at radius 1 is 1.32 bits per heavy atom. The third-order valence-electron chi connectivity index (χ3n) is 2.76. The highest BCUT2D eigenvalue weighted by Gasteiger charge is 2.28. The van der Waals surface area contributed by atoms with Crippen molar-refractivity contribution in [1.29, 1.82) is 0 Å². The lowest BCUT2D eigenvalue weighted by molar-refractivity contribution is -0.146. The summed E-state index contributed by atoms with van der Waals surface area (Å²) < 4.78 is 18.4. The van der Waals surface area contributed by atoms with E-state index in [-0.39, 0.29) is 17.7 Å². The van der Waals surface area contributed by atoms with Gasteiger partial charge in [0.05, 0.1) is 12.5 Å². The molecule has 0 aromatic heterocycles. The monoisotopic (exact) mass is 270 g/mol. The summed E-state index contributed by atoms with van der Waals surface area (Å²) >= 11 is 0. The van der Waals surface area contributed by atoms with Gasteiger partial charge in [0.2, 0.25) is 0 Å². The maximum absolute atomic E-state index is 13.7. The molecule has 104 valence electrons. The number of methoxy groups -OCH3 is 1. The van der Waals surface area contributed by atoms with E-state index in [1.165, 1.54) is 27.0 Å². The molecule has 2 N–H and O–H groups in total. The molecule has 0 aliphatic heterocycles. The first-order chi connectivity index (χ1) is 8.69. The van der Waals surface area contributed by atoms with Gasteiger partial charge in [0.1, 0.15) is 5.56 Å². The molecule has 0 unspecified atom stereocenters. The predicted molar refractivity (Wildman–Crippen MR) is 65.0 cm³/mol. The molecule has 0 bridgehead atoms. The molecule has 1 aromatic carbocycles. The smallest absolute Gasteiger partial charge is 0.339 e. The van der Waals surface area contributed by atoms with Gasteiger partial charge in [-0.25, -0.2) is 9.18 Å². The third-order valence-corrected chi connectivity index (χ3v) is 2.76. The molecule has 0 radical (unpaired) electrons. The van der Waals surface area contributed by atoms with Crippen LogP contribution in [-0.4, -0.2) is 29.3 Å². The molecule has 0 heterocycles. The third kappa shape index (κ3) is 3.21. The second-order valence-electron chi connectivity index (χ2n) is 4.83. The Morgan fingerprint density at radius 2 is 1.89 bits per heavy atom. The van der Waals surface area contributed by atoms with Gasteiger partial charge in [-0.3, -0.25) is 4.79 Å². The Labute approximate surface area is 109 Å². The number of hydrogen-bond acceptors (Lipinski definition) is 3. The highest BCUT2D eigenvalue weighted by atomic mass is 19.1. The minimum Gasteiger partial charge on any atom is -0.493 e. The van der Waals surface area contributed by atoms with Gasteiger partial charge in [0.25, 0.3) is 0 Å². The van der Waals surface area contributed by atoms with E-state index < -0.39 is 23.2 Å². The molecule has 5 nitrogen and oxygen atoms in total. The number of ether oxygens (including phenoxy) is 1. The van der Waals surface area contributed by atoms with Crippen LogP contribution in [0.15, 0.2) is 12.1 Å². The summed E-state index contributed by atoms with van der Waals surface area (Å²) in [5, 5.41) is 18.0. The standard InChI is InChI=1S/C13H15FO5/c1-13(2,12(17)18)6-7-4-8(11(15)16)10(19-3)9(14)5-7/h4-5H,6H2,1-3H3,(H,15,16)(H,17,18). The normalized spacial score (nSPS) is 11.2. The fourth-order valence-electron chi connectivity index (χ4n) is 1.70. The van der Waals surface area contributed by atoms with Crippen LogP contribution >= 0.6 is 0 Å². The number of aromatic carboxylic acids is 1. The van der Waals surface area contributed by atoms with E-state index in [4.69, 9.17) is 14.9 Å². The molecule has 1 aromatic rings. The predicted octanol–water partition coefficient (Wildman–Crippen LogP) is 2.19. The number of benzene rings is 1. The van der Waals surface area contributed by atoms with Crippen LogP contribution < -0.4 is 4.74 Å². The van der Waals surface area contributed by atoms with Crippen molar-refractivity contribution >= 4 is 11.9 Å². The molecule has 0 atom stereocenters. The first-order valence-electron chi connectivity index (χ1n) is 5.52. The lowest BCUT2D eigenvalue weighted by atomic mass is 9.85. The Hall–Kier alpha value is -2.11. The molecule has 0 spiro atoms. The van der Waals surface area contributed by atoms with Crippen LogP contribution in [0.1, 0.15) is 29.8 Å². The Morgan fingerprint density at radius 3 is 2.32 bits per heavy atom. The lowest BCUT2D eigenvalue weighted by Gasteiger charge is -2.19. The first kappa shape index (κ1) is 14.9. The van der Waals surface area contributed by atoms with Gasteiger partial charge < -0.3 is 14.9 Å². The Balaban J connectivity index is 3.25. The van der Waals surface area contributed by atoms with Crippen LogP contribution in [0.25, 0.3) is 0 Å². The van der Waals surface area contributed by atoms with Gasteiger partial charge >= 0.3 is 11.9 Å². The number of rotatable bonds is 5. The zero-order valence-electron chi connectivity index (χ0n) is 10.9. The maximum atomic E-state index is 13.7. The van der Waals surface area contributed by atoms with E-state index in [1.54, 1.807) is 0 Å². The minimum atomic E-state index is -1.33. The summed E-state index contributed by atoms with van der Waals surface area (Å²) in [7, 11) is 1.17. The van der Waals surface area contributed by atoms with Gasteiger partial charge in [-0.05, 0) is 38.0 Å². The summed E-state index contributed by atoms with van der Waals surface area (Å²) in [6, 6.07) is 2.32. The van der Waals surface area contributed by atoms with Crippen molar-refractivity contribution < 1.29 is 28.9 Å². The van der Waals surface area contributed by atoms with Crippen LogP contribution in [-0.2, 0) is 11.2 Å². The Bertz CT molecular complexity index is 522. The second-order valence-corrected chi connectivity index (χ2v) is 4.83. The summed E-state index contributed by atoms with van der Waals surface area (Å²) in [5.41, 5.74) is -1.14. The highest BCUT2D eigenvalue weighted by Crippen LogP contribution is 2.28. The van der Waals surface area contributed by atoms with E-state index in [0.717, 1.165) is 6.07 Å². The SMILES string of the molecule is COc1c(F)cc(CC(C)(C)C(=O)O)cc1C(=O)O. The molecule has 0 saturated carbocycles. The van der Waals surface area contributed by atoms with Crippen molar-refractivity contribution in [1.82, 2.24) is 0 Å². The van der Waals surface area contributed by atoms with Crippen molar-refractivity contribution in [2.75, 3.05) is 7.11 Å². The number of aliphatic carboxylic acids is 1. The van der Waals surface area contributed by atoms with Crippen LogP contribution in [0.2, 0.25) is 0 Å². The molecule has 0 aliphatic carbocycles. The summed E-state index contributed by atoms with van der Waals surface area (Å²) in [4.78, 5) is 22.0. The van der Waals surface area contributed by atoms with Gasteiger partial charge in [-0.15, -0.1) is 0 Å². The summed E-state index contributed by atoms with van der Waals surface area (Å²) in [5.74, 6) is -3.55. The van der Waals surface area contributed by atoms with Crippen molar-refractivity contribution in [2.45, 2.75) is 20.3 Å². The van der Waals surface area contributed by atoms with Crippen LogP contribution in [0.3, 0.4) is 0 Å². The number of halogens is 1. The van der Waals surface area contributed by atoms with Gasteiger partial charge in [0.15, 0.2) is 11.6 Å². The topological polar surface area (TPSA) is 83.8 Å². The fourth-order valence-corrected chi connectivity index (χ4v) is 1.70. The van der Waals surface area contributed by atoms with Gasteiger partial charge in [-0.1, -0.05) is 0 Å². The highest BCUT2D eigenvalue weighted by molar-refractivity contribution is 5.91. The lowest BCUT2D eigenvalue weighted by Crippen LogP contribution is -2.26. The molecular formula is C13H15FO5. The second kappa shape index (κ2) is 5.26. The average molecular weight is 270 g/mol. The molecule has 1 rings (SSSR count). The number of carboxylic acids is 2. The van der Waals surface area contributed by atoms with Crippen LogP contribution in [0.5, 0.6) is 5.75 Å². The molecule has 0 fully saturated rings. The molecular weight excluding hydrogens is 255 g/mol. The molecule has 6 heteroatoms. The van der Waals surface area contributed by atoms with E-state index in [9.17, 15) is 14.0 Å².